The van der Waals surface area contributed by atoms with Crippen LogP contribution in [0.3, 0.4) is 0 Å². The van der Waals surface area contributed by atoms with Gasteiger partial charge in [-0.3, -0.25) is 9.59 Å². The normalized spacial score (nSPS) is 11.3. The van der Waals surface area contributed by atoms with Gasteiger partial charge < -0.3 is 9.67 Å². The Balaban J connectivity index is 1.62. The second kappa shape index (κ2) is 8.77. The van der Waals surface area contributed by atoms with Gasteiger partial charge in [-0.2, -0.15) is 0 Å². The van der Waals surface area contributed by atoms with E-state index in [2.05, 4.69) is 0 Å². The fourth-order valence-corrected chi connectivity index (χ4v) is 5.08. The van der Waals surface area contributed by atoms with Crippen molar-refractivity contribution in [2.45, 2.75) is 19.9 Å². The van der Waals surface area contributed by atoms with Crippen LogP contribution in [0.5, 0.6) is 0 Å². The summed E-state index contributed by atoms with van der Waals surface area (Å²) in [7, 11) is 0. The van der Waals surface area contributed by atoms with Gasteiger partial charge in [0.1, 0.15) is 0 Å². The zero-order chi connectivity index (χ0) is 22.9. The number of ketones is 2. The van der Waals surface area contributed by atoms with Crippen molar-refractivity contribution in [1.29, 1.82) is 0 Å². The Labute approximate surface area is 195 Å². The fourth-order valence-electron chi connectivity index (χ4n) is 4.39. The predicted octanol–water partition coefficient (Wildman–Crippen LogP) is 5.81. The first kappa shape index (κ1) is 21.3. The van der Waals surface area contributed by atoms with Gasteiger partial charge in [0.15, 0.2) is 5.78 Å². The number of aliphatic hydroxyl groups is 1. The van der Waals surface area contributed by atoms with Gasteiger partial charge in [-0.1, -0.05) is 30.3 Å². The topological polar surface area (TPSA) is 59.3 Å². The molecule has 33 heavy (non-hydrogen) atoms. The van der Waals surface area contributed by atoms with Gasteiger partial charge in [0.25, 0.3) is 0 Å². The van der Waals surface area contributed by atoms with E-state index in [0.29, 0.717) is 29.0 Å². The summed E-state index contributed by atoms with van der Waals surface area (Å²) >= 11 is 1.42. The summed E-state index contributed by atoms with van der Waals surface area (Å²) in [6.45, 7) is 2.46. The fraction of sp³-hybridized carbons (Fsp3) is 0.143. The van der Waals surface area contributed by atoms with Crippen LogP contribution in [0.25, 0.3) is 21.8 Å². The minimum Gasteiger partial charge on any atom is -0.395 e. The molecule has 0 saturated carbocycles. The van der Waals surface area contributed by atoms with E-state index in [1.54, 1.807) is 0 Å². The van der Waals surface area contributed by atoms with Crippen LogP contribution in [0, 0.1) is 6.92 Å². The molecular formula is C28H23NO3S. The third-order valence-corrected chi connectivity index (χ3v) is 7.00. The summed E-state index contributed by atoms with van der Waals surface area (Å²) in [5, 5.41) is 13.3. The van der Waals surface area contributed by atoms with Crippen LogP contribution < -0.4 is 0 Å². The number of carbonyl (C=O) groups excluding carboxylic acids is 2. The maximum Gasteiger partial charge on any atom is 0.202 e. The Morgan fingerprint density at radius 1 is 0.879 bits per heavy atom. The van der Waals surface area contributed by atoms with Crippen molar-refractivity contribution in [2.75, 3.05) is 6.61 Å². The number of aromatic nitrogens is 1. The molecule has 0 atom stereocenters. The molecule has 0 aliphatic carbocycles. The van der Waals surface area contributed by atoms with Crippen molar-refractivity contribution in [1.82, 2.24) is 4.57 Å². The summed E-state index contributed by atoms with van der Waals surface area (Å²) < 4.78 is 2.04. The van der Waals surface area contributed by atoms with Gasteiger partial charge in [0.2, 0.25) is 5.78 Å². The third kappa shape index (κ3) is 3.90. The molecule has 0 aliphatic heterocycles. The Kier molecular flexibility index (Phi) is 5.67. The summed E-state index contributed by atoms with van der Waals surface area (Å²) in [5.41, 5.74) is 5.25. The molecule has 1 N–H and O–H groups in total. The largest absolute Gasteiger partial charge is 0.395 e. The molecule has 0 unspecified atom stereocenters. The molecule has 0 fully saturated rings. The average molecular weight is 454 g/mol. The first-order valence-electron chi connectivity index (χ1n) is 10.9. The van der Waals surface area contributed by atoms with Gasteiger partial charge in [-0.05, 0) is 65.9 Å². The van der Waals surface area contributed by atoms with Crippen molar-refractivity contribution >= 4 is 44.7 Å². The van der Waals surface area contributed by atoms with E-state index in [-0.39, 0.29) is 18.2 Å². The number of hydrogen-bond donors (Lipinski definition) is 1. The lowest BCUT2D eigenvalue weighted by atomic mass is 9.98. The zero-order valence-electron chi connectivity index (χ0n) is 18.2. The van der Waals surface area contributed by atoms with E-state index in [1.165, 1.54) is 11.3 Å². The summed E-state index contributed by atoms with van der Waals surface area (Å²) in [4.78, 5) is 26.7. The SMILES string of the molecule is Cc1ccccc1CC(=O)c1ccc2c(c1)c1cc(C(=O)c3cccs3)ccc1n2CCO. The minimum absolute atomic E-state index is 0.00270. The Morgan fingerprint density at radius 2 is 1.58 bits per heavy atom. The molecule has 5 rings (SSSR count). The van der Waals surface area contributed by atoms with Gasteiger partial charge in [-0.15, -0.1) is 11.3 Å². The van der Waals surface area contributed by atoms with E-state index in [9.17, 15) is 14.7 Å². The number of hydrogen-bond acceptors (Lipinski definition) is 4. The Bertz CT molecular complexity index is 1490. The highest BCUT2D eigenvalue weighted by atomic mass is 32.1. The second-order valence-electron chi connectivity index (χ2n) is 8.17. The highest BCUT2D eigenvalue weighted by Gasteiger charge is 2.17. The first-order valence-corrected chi connectivity index (χ1v) is 11.8. The molecule has 164 valence electrons. The number of fused-ring (bicyclic) bond motifs is 3. The molecule has 0 radical (unpaired) electrons. The number of rotatable bonds is 7. The maximum absolute atomic E-state index is 13.1. The number of aliphatic hydroxyl groups excluding tert-OH is 1. The second-order valence-corrected chi connectivity index (χ2v) is 9.12. The molecule has 0 bridgehead atoms. The van der Waals surface area contributed by atoms with Crippen LogP contribution in [0.15, 0.2) is 78.2 Å². The van der Waals surface area contributed by atoms with Crippen molar-refractivity contribution in [3.8, 4) is 0 Å². The highest BCUT2D eigenvalue weighted by molar-refractivity contribution is 7.12. The van der Waals surface area contributed by atoms with E-state index >= 15 is 0 Å². The molecular weight excluding hydrogens is 430 g/mol. The van der Waals surface area contributed by atoms with Crippen molar-refractivity contribution in [3.63, 3.8) is 0 Å². The lowest BCUT2D eigenvalue weighted by Gasteiger charge is -2.07. The van der Waals surface area contributed by atoms with Crippen LogP contribution in [-0.4, -0.2) is 27.8 Å². The van der Waals surface area contributed by atoms with E-state index < -0.39 is 0 Å². The van der Waals surface area contributed by atoms with Crippen molar-refractivity contribution in [3.05, 3.63) is 105 Å². The molecule has 3 aromatic carbocycles. The van der Waals surface area contributed by atoms with Crippen molar-refractivity contribution in [2.24, 2.45) is 0 Å². The number of carbonyl (C=O) groups is 2. The number of benzene rings is 3. The first-order chi connectivity index (χ1) is 16.1. The van der Waals surface area contributed by atoms with Crippen LogP contribution in [0.2, 0.25) is 0 Å². The standard InChI is InChI=1S/C28H23NO3S/c1-18-5-2-3-6-19(18)17-26(31)20-8-10-24-22(15-20)23-16-21(28(32)27-7-4-14-33-27)9-11-25(23)29(24)12-13-30/h2-11,14-16,30H,12-13,17H2,1H3. The summed E-state index contributed by atoms with van der Waals surface area (Å²) in [5.74, 6) is 0.0433. The van der Waals surface area contributed by atoms with E-state index in [0.717, 1.165) is 32.9 Å². The number of aryl methyl sites for hydroxylation is 1. The monoisotopic (exact) mass is 453 g/mol. The van der Waals surface area contributed by atoms with Gasteiger partial charge >= 0.3 is 0 Å². The third-order valence-electron chi connectivity index (χ3n) is 6.13. The molecule has 2 heterocycles. The smallest absolute Gasteiger partial charge is 0.202 e. The maximum atomic E-state index is 13.1. The quantitative estimate of drug-likeness (QED) is 0.316. The Hall–Kier alpha value is -3.54. The summed E-state index contributed by atoms with van der Waals surface area (Å²) in [6, 6.07) is 23.0. The number of Topliss-reactive ketones (excluding diaryl/α,β-unsaturated/α-hetero) is 1. The van der Waals surface area contributed by atoms with Crippen LogP contribution in [-0.2, 0) is 13.0 Å². The van der Waals surface area contributed by atoms with E-state index in [1.807, 2.05) is 89.7 Å². The van der Waals surface area contributed by atoms with Gasteiger partial charge in [0.05, 0.1) is 11.5 Å². The number of thiophene rings is 1. The van der Waals surface area contributed by atoms with Gasteiger partial charge in [-0.25, -0.2) is 0 Å². The van der Waals surface area contributed by atoms with Crippen LogP contribution in [0.1, 0.15) is 36.7 Å². The van der Waals surface area contributed by atoms with Crippen LogP contribution >= 0.6 is 11.3 Å². The number of nitrogens with zero attached hydrogens (tertiary/aromatic N) is 1. The minimum atomic E-state index is -0.0123. The molecule has 2 aromatic heterocycles. The molecule has 4 nitrogen and oxygen atoms in total. The average Bonchev–Trinajstić information content (AvgIpc) is 3.47. The molecule has 0 saturated heterocycles. The highest BCUT2D eigenvalue weighted by Crippen LogP contribution is 2.32. The van der Waals surface area contributed by atoms with E-state index in [4.69, 9.17) is 0 Å². The molecule has 0 amide bonds. The molecule has 5 aromatic rings. The summed E-state index contributed by atoms with van der Waals surface area (Å²) in [6.07, 6.45) is 0.343. The van der Waals surface area contributed by atoms with Gasteiger partial charge in [0, 0.05) is 45.9 Å². The Morgan fingerprint density at radius 3 is 2.24 bits per heavy atom. The lowest BCUT2D eigenvalue weighted by Crippen LogP contribution is -2.05. The van der Waals surface area contributed by atoms with Crippen molar-refractivity contribution < 1.29 is 14.7 Å². The molecule has 0 spiro atoms. The lowest BCUT2D eigenvalue weighted by molar-refractivity contribution is 0.0991. The van der Waals surface area contributed by atoms with Crippen LogP contribution in [0.4, 0.5) is 0 Å². The predicted molar refractivity (Wildman–Crippen MR) is 133 cm³/mol. The zero-order valence-corrected chi connectivity index (χ0v) is 19.1. The molecule has 5 heteroatoms. The molecule has 0 aliphatic rings.